The minimum Gasteiger partial charge on any atom is -0.264 e. The van der Waals surface area contributed by atoms with E-state index in [1.54, 1.807) is 35.3 Å². The molecule has 1 N–H and O–H groups in total. The van der Waals surface area contributed by atoms with Crippen molar-refractivity contribution in [2.24, 2.45) is 0 Å². The Labute approximate surface area is 127 Å². The molecule has 0 spiro atoms. The molecular weight excluding hydrogens is 302 g/mol. The topological polar surface area (TPSA) is 89.8 Å². The molecule has 2 heterocycles. The summed E-state index contributed by atoms with van der Waals surface area (Å²) < 4.78 is 28.2. The van der Waals surface area contributed by atoms with Gasteiger partial charge < -0.3 is 0 Å². The average molecular weight is 315 g/mol. The van der Waals surface area contributed by atoms with Crippen molar-refractivity contribution in [1.29, 1.82) is 0 Å². The van der Waals surface area contributed by atoms with Crippen LogP contribution < -0.4 is 4.72 Å². The van der Waals surface area contributed by atoms with Crippen LogP contribution in [0.2, 0.25) is 0 Å². The van der Waals surface area contributed by atoms with Gasteiger partial charge in [0.25, 0.3) is 16.0 Å². The Morgan fingerprint density at radius 1 is 1.09 bits per heavy atom. The number of aromatic nitrogens is 4. The lowest BCUT2D eigenvalue weighted by atomic mass is 10.3. The number of hydrogen-bond donors (Lipinski definition) is 1. The minimum atomic E-state index is -3.67. The maximum atomic E-state index is 12.2. The van der Waals surface area contributed by atoms with Crippen LogP contribution >= 0.6 is 0 Å². The van der Waals surface area contributed by atoms with Gasteiger partial charge in [0.2, 0.25) is 0 Å². The summed E-state index contributed by atoms with van der Waals surface area (Å²) >= 11 is 0. The highest BCUT2D eigenvalue weighted by Crippen LogP contribution is 2.12. The van der Waals surface area contributed by atoms with Crippen molar-refractivity contribution in [2.75, 3.05) is 4.72 Å². The molecule has 1 aromatic carbocycles. The average Bonchev–Trinajstić information content (AvgIpc) is 2.95. The molecule has 7 nitrogen and oxygen atoms in total. The quantitative estimate of drug-likeness (QED) is 0.771. The van der Waals surface area contributed by atoms with Crippen LogP contribution in [0.3, 0.4) is 0 Å². The number of hydrogen-bond acceptors (Lipinski definition) is 5. The Morgan fingerprint density at radius 2 is 1.91 bits per heavy atom. The van der Waals surface area contributed by atoms with Gasteiger partial charge in [-0.05, 0) is 23.8 Å². The zero-order chi connectivity index (χ0) is 15.4. The van der Waals surface area contributed by atoms with Crippen molar-refractivity contribution in [2.45, 2.75) is 11.4 Å². The molecular formula is C14H13N5O2S. The Hall–Kier alpha value is -2.74. The zero-order valence-corrected chi connectivity index (χ0v) is 12.3. The first kappa shape index (κ1) is 14.2. The number of pyridine rings is 1. The van der Waals surface area contributed by atoms with Gasteiger partial charge in [-0.15, -0.1) is 5.10 Å². The lowest BCUT2D eigenvalue weighted by Gasteiger charge is -2.04. The summed E-state index contributed by atoms with van der Waals surface area (Å²) in [4.78, 5) is 8.14. The Morgan fingerprint density at radius 3 is 2.64 bits per heavy atom. The summed E-state index contributed by atoms with van der Waals surface area (Å²) in [6.07, 6.45) is 4.87. The first-order chi connectivity index (χ1) is 10.6. The third kappa shape index (κ3) is 3.29. The predicted octanol–water partition coefficient (Wildman–Crippen LogP) is 1.52. The van der Waals surface area contributed by atoms with Crippen molar-refractivity contribution >= 4 is 16.0 Å². The van der Waals surface area contributed by atoms with Gasteiger partial charge in [0.15, 0.2) is 0 Å². The third-order valence-corrected chi connectivity index (χ3v) is 4.23. The van der Waals surface area contributed by atoms with Gasteiger partial charge in [0, 0.05) is 12.4 Å². The molecule has 3 aromatic rings. The maximum absolute atomic E-state index is 12.2. The minimum absolute atomic E-state index is 0.0349. The number of nitrogens with zero attached hydrogens (tertiary/aromatic N) is 4. The van der Waals surface area contributed by atoms with Crippen LogP contribution in [-0.4, -0.2) is 28.2 Å². The van der Waals surface area contributed by atoms with Crippen LogP contribution in [0.4, 0.5) is 5.95 Å². The molecule has 0 atom stereocenters. The van der Waals surface area contributed by atoms with Crippen LogP contribution in [0.25, 0.3) is 0 Å². The summed E-state index contributed by atoms with van der Waals surface area (Å²) in [5.74, 6) is 0.0349. The number of sulfonamides is 1. The molecule has 0 bridgehead atoms. The molecule has 112 valence electrons. The number of rotatable bonds is 5. The van der Waals surface area contributed by atoms with Gasteiger partial charge in [-0.2, -0.15) is 4.98 Å². The summed E-state index contributed by atoms with van der Waals surface area (Å²) in [6, 6.07) is 11.8. The van der Waals surface area contributed by atoms with E-state index in [1.165, 1.54) is 18.5 Å². The molecule has 3 rings (SSSR count). The largest absolute Gasteiger partial charge is 0.264 e. The number of benzene rings is 1. The molecule has 0 aliphatic carbocycles. The van der Waals surface area contributed by atoms with Crippen molar-refractivity contribution in [3.05, 3.63) is 66.7 Å². The number of anilines is 1. The highest BCUT2D eigenvalue weighted by Gasteiger charge is 2.15. The van der Waals surface area contributed by atoms with Gasteiger partial charge in [-0.3, -0.25) is 4.98 Å². The first-order valence-corrected chi connectivity index (χ1v) is 7.98. The Balaban J connectivity index is 1.75. The predicted molar refractivity (Wildman–Crippen MR) is 80.6 cm³/mol. The van der Waals surface area contributed by atoms with Crippen LogP contribution in [0.15, 0.2) is 66.1 Å². The second-order valence-corrected chi connectivity index (χ2v) is 6.23. The third-order valence-electron chi connectivity index (χ3n) is 2.88. The van der Waals surface area contributed by atoms with Gasteiger partial charge >= 0.3 is 0 Å². The highest BCUT2D eigenvalue weighted by atomic mass is 32.2. The highest BCUT2D eigenvalue weighted by molar-refractivity contribution is 7.92. The van der Waals surface area contributed by atoms with Crippen molar-refractivity contribution in [3.8, 4) is 0 Å². The lowest BCUT2D eigenvalue weighted by molar-refractivity contribution is 0.600. The number of nitrogens with one attached hydrogen (secondary N) is 1. The van der Waals surface area contributed by atoms with E-state index < -0.39 is 10.0 Å². The van der Waals surface area contributed by atoms with Crippen molar-refractivity contribution in [3.63, 3.8) is 0 Å². The van der Waals surface area contributed by atoms with Gasteiger partial charge in [-0.25, -0.2) is 17.8 Å². The maximum Gasteiger partial charge on any atom is 0.264 e. The second kappa shape index (κ2) is 5.94. The molecule has 2 aromatic heterocycles. The fraction of sp³-hybridized carbons (Fsp3) is 0.0714. The molecule has 22 heavy (non-hydrogen) atoms. The summed E-state index contributed by atoms with van der Waals surface area (Å²) in [5, 5.41) is 4.10. The van der Waals surface area contributed by atoms with E-state index in [2.05, 4.69) is 19.8 Å². The van der Waals surface area contributed by atoms with E-state index in [0.29, 0.717) is 6.54 Å². The molecule has 0 saturated heterocycles. The Bertz CT molecular complexity index is 847. The smallest absolute Gasteiger partial charge is 0.264 e. The zero-order valence-electron chi connectivity index (χ0n) is 11.5. The van der Waals surface area contributed by atoms with Crippen LogP contribution in [-0.2, 0) is 16.6 Å². The summed E-state index contributed by atoms with van der Waals surface area (Å²) in [7, 11) is -3.67. The van der Waals surface area contributed by atoms with Crippen LogP contribution in [0, 0.1) is 0 Å². The van der Waals surface area contributed by atoms with E-state index in [1.807, 2.05) is 12.1 Å². The molecule has 0 fully saturated rings. The van der Waals surface area contributed by atoms with Crippen LogP contribution in [0.5, 0.6) is 0 Å². The Kier molecular flexibility index (Phi) is 3.84. The molecule has 0 saturated carbocycles. The van der Waals surface area contributed by atoms with E-state index in [9.17, 15) is 8.42 Å². The van der Waals surface area contributed by atoms with E-state index in [4.69, 9.17) is 0 Å². The summed E-state index contributed by atoms with van der Waals surface area (Å²) in [6.45, 7) is 0.466. The molecule has 0 unspecified atom stereocenters. The molecule has 0 amide bonds. The van der Waals surface area contributed by atoms with Crippen LogP contribution in [0.1, 0.15) is 5.56 Å². The standard InChI is InChI=1S/C14H13N5O2S/c20-22(21,13-6-2-1-3-7-13)18-14-16-11-19(17-14)10-12-5-4-8-15-9-12/h1-9,11H,10H2,(H,17,18). The molecule has 0 aliphatic rings. The monoisotopic (exact) mass is 315 g/mol. The van der Waals surface area contributed by atoms with Crippen molar-refractivity contribution < 1.29 is 8.42 Å². The van der Waals surface area contributed by atoms with E-state index in [-0.39, 0.29) is 10.8 Å². The van der Waals surface area contributed by atoms with Crippen molar-refractivity contribution in [1.82, 2.24) is 19.7 Å². The van der Waals surface area contributed by atoms with E-state index >= 15 is 0 Å². The fourth-order valence-corrected chi connectivity index (χ4v) is 2.84. The molecule has 8 heteroatoms. The lowest BCUT2D eigenvalue weighted by Crippen LogP contribution is -2.14. The van der Waals surface area contributed by atoms with Gasteiger partial charge in [0.1, 0.15) is 6.33 Å². The van der Waals surface area contributed by atoms with E-state index in [0.717, 1.165) is 5.56 Å². The first-order valence-electron chi connectivity index (χ1n) is 6.50. The second-order valence-electron chi connectivity index (χ2n) is 4.55. The SMILES string of the molecule is O=S(=O)(Nc1ncn(Cc2cccnc2)n1)c1ccccc1. The normalized spacial score (nSPS) is 11.3. The van der Waals surface area contributed by atoms with Gasteiger partial charge in [-0.1, -0.05) is 24.3 Å². The van der Waals surface area contributed by atoms with Gasteiger partial charge in [0.05, 0.1) is 11.4 Å². The fourth-order valence-electron chi connectivity index (χ4n) is 1.88. The molecule has 0 radical (unpaired) electrons. The summed E-state index contributed by atoms with van der Waals surface area (Å²) in [5.41, 5.74) is 0.949. The molecule has 0 aliphatic heterocycles.